The number of carbonyl (C=O) groups excluding carboxylic acids is 1. The van der Waals surface area contributed by atoms with Gasteiger partial charge in [0.2, 0.25) is 0 Å². The van der Waals surface area contributed by atoms with Crippen LogP contribution >= 0.6 is 0 Å². The van der Waals surface area contributed by atoms with Crippen molar-refractivity contribution in [2.75, 3.05) is 0 Å². The summed E-state index contributed by atoms with van der Waals surface area (Å²) in [5, 5.41) is 0. The average molecular weight is 182 g/mol. The summed E-state index contributed by atoms with van der Waals surface area (Å²) < 4.78 is 0. The first-order valence-electron chi connectivity index (χ1n) is 5.36. The Morgan fingerprint density at radius 1 is 1.15 bits per heavy atom. The number of carbonyl (C=O) groups is 1. The monoisotopic (exact) mass is 182 g/mol. The van der Waals surface area contributed by atoms with Gasteiger partial charge in [-0.2, -0.15) is 0 Å². The lowest BCUT2D eigenvalue weighted by molar-refractivity contribution is -0.108. The van der Waals surface area contributed by atoms with Crippen molar-refractivity contribution in [1.82, 2.24) is 0 Å². The summed E-state index contributed by atoms with van der Waals surface area (Å²) in [6, 6.07) is 0. The van der Waals surface area contributed by atoms with Crippen LogP contribution in [0.25, 0.3) is 0 Å². The van der Waals surface area contributed by atoms with Gasteiger partial charge in [0.1, 0.15) is 6.29 Å². The van der Waals surface area contributed by atoms with Crippen molar-refractivity contribution >= 4 is 6.29 Å². The van der Waals surface area contributed by atoms with Crippen LogP contribution in [0.3, 0.4) is 0 Å². The van der Waals surface area contributed by atoms with Crippen LogP contribution in [-0.4, -0.2) is 6.29 Å². The van der Waals surface area contributed by atoms with E-state index in [2.05, 4.69) is 0 Å². The third-order valence-electron chi connectivity index (χ3n) is 2.50. The number of aldehydes is 1. The molecule has 0 aromatic heterocycles. The van der Waals surface area contributed by atoms with Crippen LogP contribution in [0.2, 0.25) is 0 Å². The van der Waals surface area contributed by atoms with Gasteiger partial charge in [-0.05, 0) is 26.2 Å². The van der Waals surface area contributed by atoms with Gasteiger partial charge in [-0.3, -0.25) is 0 Å². The van der Waals surface area contributed by atoms with E-state index >= 15 is 0 Å². The van der Waals surface area contributed by atoms with Crippen LogP contribution in [0.5, 0.6) is 0 Å². The summed E-state index contributed by atoms with van der Waals surface area (Å²) in [5.74, 6) is 0.884. The molecule has 0 N–H and O–H groups in total. The first-order valence-corrected chi connectivity index (χ1v) is 5.36. The van der Waals surface area contributed by atoms with E-state index in [1.165, 1.54) is 25.7 Å². The van der Waals surface area contributed by atoms with E-state index in [1.54, 1.807) is 0 Å². The largest absolute Gasteiger partial charge is 0.303 e. The fraction of sp³-hybridized carbons (Fsp3) is 0.750. The minimum atomic E-state index is 0.782. The topological polar surface area (TPSA) is 17.1 Å². The van der Waals surface area contributed by atoms with Crippen molar-refractivity contribution in [3.63, 3.8) is 0 Å². The molecule has 13 heavy (non-hydrogen) atoms. The van der Waals surface area contributed by atoms with E-state index in [1.807, 2.05) is 26.0 Å². The summed E-state index contributed by atoms with van der Waals surface area (Å²) in [6.07, 6.45) is 12.5. The van der Waals surface area contributed by atoms with Crippen LogP contribution in [0, 0.1) is 5.92 Å². The van der Waals surface area contributed by atoms with E-state index in [-0.39, 0.29) is 0 Å². The first kappa shape index (κ1) is 12.4. The lowest BCUT2D eigenvalue weighted by Gasteiger charge is -2.02. The molecule has 1 fully saturated rings. The summed E-state index contributed by atoms with van der Waals surface area (Å²) >= 11 is 0. The molecule has 0 aromatic rings. The number of rotatable bonds is 3. The Bertz CT molecular complexity index is 128. The normalized spacial score (nSPS) is 17.1. The van der Waals surface area contributed by atoms with Crippen molar-refractivity contribution in [2.24, 2.45) is 5.92 Å². The van der Waals surface area contributed by atoms with Gasteiger partial charge in [0.25, 0.3) is 0 Å². The molecule has 1 aliphatic carbocycles. The Hall–Kier alpha value is -0.590. The summed E-state index contributed by atoms with van der Waals surface area (Å²) in [6.45, 7) is 4.00. The second-order valence-electron chi connectivity index (χ2n) is 3.56. The van der Waals surface area contributed by atoms with Crippen LogP contribution in [0.15, 0.2) is 12.2 Å². The molecule has 0 aliphatic heterocycles. The van der Waals surface area contributed by atoms with Gasteiger partial charge < -0.3 is 4.79 Å². The van der Waals surface area contributed by atoms with Gasteiger partial charge in [0.15, 0.2) is 0 Å². The van der Waals surface area contributed by atoms with E-state index < -0.39 is 0 Å². The lowest BCUT2D eigenvalue weighted by Crippen LogP contribution is -1.92. The quantitative estimate of drug-likeness (QED) is 0.480. The Kier molecular flexibility index (Phi) is 9.07. The fourth-order valence-corrected chi connectivity index (χ4v) is 1.60. The number of hydrogen-bond donors (Lipinski definition) is 0. The van der Waals surface area contributed by atoms with Crippen molar-refractivity contribution in [2.45, 2.75) is 52.4 Å². The maximum Gasteiger partial charge on any atom is 0.120 e. The molecule has 0 radical (unpaired) electrons. The molecule has 1 aliphatic rings. The molecule has 0 unspecified atom stereocenters. The van der Waals surface area contributed by atoms with Gasteiger partial charge in [-0.25, -0.2) is 0 Å². The Morgan fingerprint density at radius 2 is 1.69 bits per heavy atom. The number of allylic oxidation sites excluding steroid dienone is 2. The van der Waals surface area contributed by atoms with Crippen molar-refractivity contribution in [1.29, 1.82) is 0 Å². The molecule has 0 amide bonds. The highest BCUT2D eigenvalue weighted by molar-refractivity contribution is 5.49. The minimum absolute atomic E-state index is 0.782. The van der Waals surface area contributed by atoms with E-state index in [9.17, 15) is 4.79 Å². The fourth-order valence-electron chi connectivity index (χ4n) is 1.60. The molecule has 1 saturated carbocycles. The molecule has 0 bridgehead atoms. The predicted octanol–water partition coefficient (Wildman–Crippen LogP) is 3.74. The molecular weight excluding hydrogens is 160 g/mol. The molecule has 0 spiro atoms. The summed E-state index contributed by atoms with van der Waals surface area (Å²) in [5.41, 5.74) is 0. The Balaban J connectivity index is 0.000000310. The third kappa shape index (κ3) is 7.76. The van der Waals surface area contributed by atoms with Crippen LogP contribution in [-0.2, 0) is 4.79 Å². The molecule has 0 heterocycles. The molecule has 0 aromatic carbocycles. The second kappa shape index (κ2) is 9.50. The first-order chi connectivity index (χ1) is 6.35. The Labute approximate surface area is 82.2 Å². The third-order valence-corrected chi connectivity index (χ3v) is 2.50. The average Bonchev–Trinajstić information content (AvgIpc) is 2.67. The van der Waals surface area contributed by atoms with Crippen LogP contribution in [0.4, 0.5) is 0 Å². The van der Waals surface area contributed by atoms with E-state index in [0.717, 1.165) is 25.0 Å². The van der Waals surface area contributed by atoms with Gasteiger partial charge in [-0.1, -0.05) is 37.8 Å². The van der Waals surface area contributed by atoms with Crippen molar-refractivity contribution < 1.29 is 4.79 Å². The zero-order valence-corrected chi connectivity index (χ0v) is 8.96. The molecule has 1 heteroatoms. The predicted molar refractivity (Wildman–Crippen MR) is 57.7 cm³/mol. The lowest BCUT2D eigenvalue weighted by atomic mass is 10.0. The molecule has 1 nitrogen and oxygen atoms in total. The smallest absolute Gasteiger partial charge is 0.120 e. The van der Waals surface area contributed by atoms with Crippen molar-refractivity contribution in [3.8, 4) is 0 Å². The van der Waals surface area contributed by atoms with Gasteiger partial charge in [-0.15, -0.1) is 0 Å². The zero-order chi connectivity index (χ0) is 9.94. The van der Waals surface area contributed by atoms with Crippen LogP contribution in [0.1, 0.15) is 52.4 Å². The molecule has 0 saturated heterocycles. The summed E-state index contributed by atoms with van der Waals surface area (Å²) in [4.78, 5) is 9.96. The van der Waals surface area contributed by atoms with E-state index in [0.29, 0.717) is 0 Å². The van der Waals surface area contributed by atoms with Crippen molar-refractivity contribution in [3.05, 3.63) is 12.2 Å². The molecule has 76 valence electrons. The molecule has 0 atom stereocenters. The van der Waals surface area contributed by atoms with Gasteiger partial charge in [0.05, 0.1) is 0 Å². The maximum absolute atomic E-state index is 9.96. The SMILES string of the molecule is C/C=C\C.O=CCCC1CCCC1. The highest BCUT2D eigenvalue weighted by atomic mass is 16.1. The molecule has 1 rings (SSSR count). The standard InChI is InChI=1S/C8H14O.C4H8/c9-7-3-6-8-4-1-2-5-8;1-3-4-2/h7-8H,1-6H2;3-4H,1-2H3/b;4-3-. The zero-order valence-electron chi connectivity index (χ0n) is 8.96. The van der Waals surface area contributed by atoms with Gasteiger partial charge >= 0.3 is 0 Å². The van der Waals surface area contributed by atoms with Gasteiger partial charge in [0, 0.05) is 6.42 Å². The molecular formula is C12H22O. The Morgan fingerprint density at radius 3 is 2.08 bits per heavy atom. The van der Waals surface area contributed by atoms with Crippen LogP contribution < -0.4 is 0 Å². The highest BCUT2D eigenvalue weighted by Crippen LogP contribution is 2.27. The number of hydrogen-bond acceptors (Lipinski definition) is 1. The maximum atomic E-state index is 9.96. The summed E-state index contributed by atoms with van der Waals surface area (Å²) in [7, 11) is 0. The second-order valence-corrected chi connectivity index (χ2v) is 3.56. The minimum Gasteiger partial charge on any atom is -0.303 e. The highest BCUT2D eigenvalue weighted by Gasteiger charge is 2.13. The van der Waals surface area contributed by atoms with E-state index in [4.69, 9.17) is 0 Å².